The first-order chi connectivity index (χ1) is 11.5. The van der Waals surface area contributed by atoms with Gasteiger partial charge in [-0.2, -0.15) is 4.98 Å². The van der Waals surface area contributed by atoms with Gasteiger partial charge in [-0.15, -0.1) is 36.2 Å². The number of anilines is 1. The number of halogens is 5. The molecule has 0 saturated heterocycles. The van der Waals surface area contributed by atoms with Crippen LogP contribution >= 0.6 is 63.7 Å². The van der Waals surface area contributed by atoms with Crippen molar-refractivity contribution >= 4 is 79.7 Å². The van der Waals surface area contributed by atoms with E-state index in [2.05, 4.69) is 36.2 Å². The lowest BCUT2D eigenvalue weighted by atomic mass is 10.2. The molecule has 3 aromatic rings. The van der Waals surface area contributed by atoms with Crippen molar-refractivity contribution in [3.8, 4) is 0 Å². The van der Waals surface area contributed by atoms with Crippen molar-refractivity contribution in [2.45, 2.75) is 25.9 Å². The van der Waals surface area contributed by atoms with E-state index in [9.17, 15) is 4.39 Å². The predicted octanol–water partition coefficient (Wildman–Crippen LogP) is 4.99. The van der Waals surface area contributed by atoms with Crippen LogP contribution in [0.3, 0.4) is 0 Å². The zero-order chi connectivity index (χ0) is 17.3. The number of hydrogen-bond donors (Lipinski definition) is 2. The van der Waals surface area contributed by atoms with Gasteiger partial charge in [-0.3, -0.25) is 4.98 Å². The molecule has 0 aromatic carbocycles. The van der Waals surface area contributed by atoms with Crippen molar-refractivity contribution in [3.63, 3.8) is 0 Å². The highest BCUT2D eigenvalue weighted by Crippen LogP contribution is 2.39. The summed E-state index contributed by atoms with van der Waals surface area (Å²) in [6.45, 7) is 2.22. The lowest BCUT2D eigenvalue weighted by Crippen LogP contribution is -2.17. The summed E-state index contributed by atoms with van der Waals surface area (Å²) in [6.07, 6.45) is 3.45. The van der Waals surface area contributed by atoms with E-state index < -0.39 is 0 Å². The summed E-state index contributed by atoms with van der Waals surface area (Å²) < 4.78 is 15.5. The normalized spacial score (nSPS) is 11.6. The Bertz CT molecular complexity index is 893. The predicted molar refractivity (Wildman–Crippen MR) is 113 cm³/mol. The molecule has 3 aromatic heterocycles. The van der Waals surface area contributed by atoms with Crippen LogP contribution in [-0.2, 0) is 13.0 Å². The van der Waals surface area contributed by atoms with E-state index in [-0.39, 0.29) is 48.5 Å². The summed E-state index contributed by atoms with van der Waals surface area (Å²) in [6, 6.07) is 1.65. The average molecular weight is 504 g/mol. The zero-order valence-corrected chi connectivity index (χ0v) is 18.3. The Kier molecular flexibility index (Phi) is 8.92. The van der Waals surface area contributed by atoms with E-state index in [4.69, 9.17) is 17.3 Å². The van der Waals surface area contributed by atoms with Gasteiger partial charge in [0.15, 0.2) is 0 Å². The molecule has 3 heterocycles. The van der Waals surface area contributed by atoms with Gasteiger partial charge in [0.2, 0.25) is 5.28 Å². The van der Waals surface area contributed by atoms with Gasteiger partial charge in [-0.25, -0.2) is 9.37 Å². The minimum absolute atomic E-state index is 0. The van der Waals surface area contributed by atoms with Crippen LogP contribution in [0.5, 0.6) is 0 Å². The minimum atomic E-state index is -0.369. The first kappa shape index (κ1) is 23.3. The van der Waals surface area contributed by atoms with Gasteiger partial charge in [0.05, 0.1) is 15.4 Å². The molecule has 1 atom stereocenters. The lowest BCUT2D eigenvalue weighted by Gasteiger charge is -2.07. The monoisotopic (exact) mass is 501 g/mol. The maximum Gasteiger partial charge on any atom is 0.225 e. The Balaban J connectivity index is 0.00000169. The SMILES string of the molecule is C[C@H](N)Cc1sc2c(NCc3ccncc3F)nc(Cl)nc2c1Br.Cl.Cl. The summed E-state index contributed by atoms with van der Waals surface area (Å²) in [4.78, 5) is 13.4. The quantitative estimate of drug-likeness (QED) is 0.480. The summed E-state index contributed by atoms with van der Waals surface area (Å²) >= 11 is 11.2. The van der Waals surface area contributed by atoms with Crippen molar-refractivity contribution in [2.24, 2.45) is 5.73 Å². The molecular weight excluding hydrogens is 488 g/mol. The van der Waals surface area contributed by atoms with Gasteiger partial charge in [-0.05, 0) is 46.9 Å². The summed E-state index contributed by atoms with van der Waals surface area (Å²) in [5.41, 5.74) is 7.12. The van der Waals surface area contributed by atoms with Crippen LogP contribution in [0, 0.1) is 5.82 Å². The molecule has 0 fully saturated rings. The van der Waals surface area contributed by atoms with Crippen LogP contribution < -0.4 is 11.1 Å². The van der Waals surface area contributed by atoms with Gasteiger partial charge in [0, 0.05) is 29.2 Å². The Morgan fingerprint density at radius 1 is 1.38 bits per heavy atom. The van der Waals surface area contributed by atoms with Gasteiger partial charge >= 0.3 is 0 Å². The fraction of sp³-hybridized carbons (Fsp3) is 0.267. The van der Waals surface area contributed by atoms with Crippen LogP contribution in [0.1, 0.15) is 17.4 Å². The molecule has 11 heteroatoms. The molecular formula is C15H16BrCl3FN5S. The van der Waals surface area contributed by atoms with Crippen LogP contribution in [-0.4, -0.2) is 21.0 Å². The van der Waals surface area contributed by atoms with Crippen LogP contribution in [0.2, 0.25) is 5.28 Å². The number of fused-ring (bicyclic) bond motifs is 1. The van der Waals surface area contributed by atoms with Crippen molar-refractivity contribution in [1.82, 2.24) is 15.0 Å². The first-order valence-corrected chi connectivity index (χ1v) is 9.16. The van der Waals surface area contributed by atoms with Gasteiger partial charge in [0.1, 0.15) is 17.2 Å². The maximum atomic E-state index is 13.7. The van der Waals surface area contributed by atoms with E-state index in [0.717, 1.165) is 26.0 Å². The summed E-state index contributed by atoms with van der Waals surface area (Å²) in [7, 11) is 0. The second-order valence-corrected chi connectivity index (χ2v) is 7.60. The van der Waals surface area contributed by atoms with Gasteiger partial charge in [0.25, 0.3) is 0 Å². The number of pyridine rings is 1. The molecule has 26 heavy (non-hydrogen) atoms. The van der Waals surface area contributed by atoms with Crippen molar-refractivity contribution < 1.29 is 4.39 Å². The van der Waals surface area contributed by atoms with Crippen molar-refractivity contribution in [1.29, 1.82) is 0 Å². The maximum absolute atomic E-state index is 13.7. The topological polar surface area (TPSA) is 76.7 Å². The smallest absolute Gasteiger partial charge is 0.225 e. The fourth-order valence-electron chi connectivity index (χ4n) is 2.24. The Labute approximate surface area is 179 Å². The molecule has 5 nitrogen and oxygen atoms in total. The molecule has 0 aliphatic heterocycles. The van der Waals surface area contributed by atoms with Crippen LogP contribution in [0.15, 0.2) is 22.9 Å². The first-order valence-electron chi connectivity index (χ1n) is 7.18. The Morgan fingerprint density at radius 3 is 2.77 bits per heavy atom. The zero-order valence-electron chi connectivity index (χ0n) is 13.5. The molecule has 0 aliphatic rings. The molecule has 0 spiro atoms. The van der Waals surface area contributed by atoms with Crippen molar-refractivity contribution in [2.75, 3.05) is 5.32 Å². The molecule has 3 N–H and O–H groups in total. The standard InChI is InChI=1S/C15H14BrClFN5S.2ClH/c1-7(19)4-10-11(16)12-13(24-10)14(23-15(17)22-12)21-5-8-2-3-20-6-9(8)18;;/h2-3,6-7H,4-5,19H2,1H3,(H,21,22,23);2*1H/t7-;;/m0../s1. The molecule has 0 bridgehead atoms. The number of nitrogens with two attached hydrogens (primary N) is 1. The summed E-state index contributed by atoms with van der Waals surface area (Å²) in [5, 5.41) is 3.27. The average Bonchev–Trinajstić information content (AvgIpc) is 2.82. The van der Waals surface area contributed by atoms with E-state index in [1.54, 1.807) is 23.6 Å². The highest BCUT2D eigenvalue weighted by atomic mass is 79.9. The number of hydrogen-bond acceptors (Lipinski definition) is 6. The van der Waals surface area contributed by atoms with Gasteiger partial charge in [-0.1, -0.05) is 0 Å². The minimum Gasteiger partial charge on any atom is -0.365 e. The molecule has 0 amide bonds. The number of rotatable bonds is 5. The van der Waals surface area contributed by atoms with Crippen molar-refractivity contribution in [3.05, 3.63) is 44.5 Å². The summed E-state index contributed by atoms with van der Waals surface area (Å²) in [5.74, 6) is 0.203. The third-order valence-electron chi connectivity index (χ3n) is 3.33. The van der Waals surface area contributed by atoms with Gasteiger partial charge < -0.3 is 11.1 Å². The molecule has 0 radical (unpaired) electrons. The third kappa shape index (κ3) is 5.15. The third-order valence-corrected chi connectivity index (χ3v) is 5.82. The Hall–Kier alpha value is -0.770. The molecule has 142 valence electrons. The van der Waals surface area contributed by atoms with Crippen LogP contribution in [0.4, 0.5) is 10.2 Å². The van der Waals surface area contributed by atoms with Crippen LogP contribution in [0.25, 0.3) is 10.2 Å². The number of nitrogens with one attached hydrogen (secondary N) is 1. The molecule has 0 saturated carbocycles. The number of thiophene rings is 1. The second-order valence-electron chi connectivity index (χ2n) is 5.36. The highest BCUT2D eigenvalue weighted by molar-refractivity contribution is 9.10. The lowest BCUT2D eigenvalue weighted by molar-refractivity contribution is 0.606. The second kappa shape index (κ2) is 9.96. The molecule has 3 rings (SSSR count). The Morgan fingerprint density at radius 2 is 2.12 bits per heavy atom. The van der Waals surface area contributed by atoms with E-state index in [0.29, 0.717) is 11.4 Å². The van der Waals surface area contributed by atoms with E-state index in [1.165, 1.54) is 6.20 Å². The van der Waals surface area contributed by atoms with E-state index in [1.807, 2.05) is 6.92 Å². The van der Waals surface area contributed by atoms with E-state index >= 15 is 0 Å². The molecule has 0 unspecified atom stereocenters. The molecule has 0 aliphatic carbocycles. The fourth-order valence-corrected chi connectivity index (χ4v) is 4.47. The number of aromatic nitrogens is 3. The highest BCUT2D eigenvalue weighted by Gasteiger charge is 2.17. The largest absolute Gasteiger partial charge is 0.365 e. The number of nitrogens with zero attached hydrogens (tertiary/aromatic N) is 3.